The SMILES string of the molecule is Cc1ccc(Cl)c(CC(C)N)n1. The number of pyridine rings is 1. The van der Waals surface area contributed by atoms with Crippen LogP contribution in [0, 0.1) is 6.92 Å². The van der Waals surface area contributed by atoms with Crippen LogP contribution in [0.3, 0.4) is 0 Å². The first-order chi connectivity index (χ1) is 5.59. The van der Waals surface area contributed by atoms with Crippen molar-refractivity contribution in [2.45, 2.75) is 26.3 Å². The number of nitrogens with zero attached hydrogens (tertiary/aromatic N) is 1. The van der Waals surface area contributed by atoms with Gasteiger partial charge in [0.05, 0.1) is 10.7 Å². The Morgan fingerprint density at radius 2 is 2.25 bits per heavy atom. The van der Waals surface area contributed by atoms with Crippen molar-refractivity contribution in [3.63, 3.8) is 0 Å². The van der Waals surface area contributed by atoms with Crippen LogP contribution in [0.25, 0.3) is 0 Å². The zero-order chi connectivity index (χ0) is 9.14. The molecule has 0 aromatic carbocycles. The zero-order valence-corrected chi connectivity index (χ0v) is 8.10. The number of rotatable bonds is 2. The molecule has 0 aliphatic rings. The minimum atomic E-state index is 0.108. The molecular weight excluding hydrogens is 172 g/mol. The molecule has 1 aromatic heterocycles. The molecule has 1 aromatic rings. The number of hydrogen-bond acceptors (Lipinski definition) is 2. The fourth-order valence-electron chi connectivity index (χ4n) is 1.04. The first-order valence-corrected chi connectivity index (χ1v) is 4.35. The fraction of sp³-hybridized carbons (Fsp3) is 0.444. The highest BCUT2D eigenvalue weighted by Crippen LogP contribution is 2.14. The molecule has 0 aliphatic heterocycles. The molecule has 2 N–H and O–H groups in total. The van der Waals surface area contributed by atoms with Crippen molar-refractivity contribution >= 4 is 11.6 Å². The van der Waals surface area contributed by atoms with Crippen LogP contribution < -0.4 is 5.73 Å². The molecular formula is C9H13ClN2. The second kappa shape index (κ2) is 3.87. The molecule has 12 heavy (non-hydrogen) atoms. The Bertz CT molecular complexity index is 271. The van der Waals surface area contributed by atoms with Gasteiger partial charge in [-0.2, -0.15) is 0 Å². The minimum Gasteiger partial charge on any atom is -0.328 e. The van der Waals surface area contributed by atoms with E-state index in [4.69, 9.17) is 17.3 Å². The van der Waals surface area contributed by atoms with Crippen LogP contribution in [-0.4, -0.2) is 11.0 Å². The Kier molecular flexibility index (Phi) is 3.06. The van der Waals surface area contributed by atoms with Gasteiger partial charge < -0.3 is 5.73 Å². The van der Waals surface area contributed by atoms with E-state index in [1.54, 1.807) is 0 Å². The summed E-state index contributed by atoms with van der Waals surface area (Å²) >= 11 is 5.92. The summed E-state index contributed by atoms with van der Waals surface area (Å²) in [6, 6.07) is 3.87. The monoisotopic (exact) mass is 184 g/mol. The quantitative estimate of drug-likeness (QED) is 0.763. The summed E-state index contributed by atoms with van der Waals surface area (Å²) in [5, 5.41) is 0.706. The molecule has 0 saturated carbocycles. The Hall–Kier alpha value is -0.600. The lowest BCUT2D eigenvalue weighted by Gasteiger charge is -2.06. The van der Waals surface area contributed by atoms with Gasteiger partial charge in [-0.3, -0.25) is 4.98 Å². The number of aryl methyl sites for hydroxylation is 1. The van der Waals surface area contributed by atoms with Gasteiger partial charge in [-0.05, 0) is 26.0 Å². The van der Waals surface area contributed by atoms with Gasteiger partial charge in [0.1, 0.15) is 0 Å². The van der Waals surface area contributed by atoms with Crippen molar-refractivity contribution in [1.82, 2.24) is 4.98 Å². The van der Waals surface area contributed by atoms with Crippen molar-refractivity contribution in [3.8, 4) is 0 Å². The zero-order valence-electron chi connectivity index (χ0n) is 7.34. The summed E-state index contributed by atoms with van der Waals surface area (Å²) in [6.07, 6.45) is 0.737. The highest BCUT2D eigenvalue weighted by molar-refractivity contribution is 6.31. The predicted molar refractivity (Wildman–Crippen MR) is 51.3 cm³/mol. The lowest BCUT2D eigenvalue weighted by Crippen LogP contribution is -2.18. The van der Waals surface area contributed by atoms with E-state index in [-0.39, 0.29) is 6.04 Å². The van der Waals surface area contributed by atoms with Crippen LogP contribution in [0.15, 0.2) is 12.1 Å². The Morgan fingerprint density at radius 1 is 1.58 bits per heavy atom. The molecule has 3 heteroatoms. The Labute approximate surface area is 77.8 Å². The van der Waals surface area contributed by atoms with Crippen LogP contribution in [0.5, 0.6) is 0 Å². The molecule has 0 radical (unpaired) electrons. The molecule has 66 valence electrons. The second-order valence-electron chi connectivity index (χ2n) is 3.06. The topological polar surface area (TPSA) is 38.9 Å². The van der Waals surface area contributed by atoms with Gasteiger partial charge in [0.2, 0.25) is 0 Å². The molecule has 1 unspecified atom stereocenters. The summed E-state index contributed by atoms with van der Waals surface area (Å²) in [4.78, 5) is 4.30. The van der Waals surface area contributed by atoms with Gasteiger partial charge in [0, 0.05) is 18.2 Å². The molecule has 0 aliphatic carbocycles. The lowest BCUT2D eigenvalue weighted by atomic mass is 10.2. The maximum absolute atomic E-state index is 5.92. The molecule has 1 atom stereocenters. The fourth-order valence-corrected chi connectivity index (χ4v) is 1.22. The van der Waals surface area contributed by atoms with Crippen molar-refractivity contribution in [3.05, 3.63) is 28.5 Å². The molecule has 0 bridgehead atoms. The van der Waals surface area contributed by atoms with Crippen molar-refractivity contribution < 1.29 is 0 Å². The van der Waals surface area contributed by atoms with E-state index in [0.717, 1.165) is 17.8 Å². The van der Waals surface area contributed by atoms with Crippen molar-refractivity contribution in [2.24, 2.45) is 5.73 Å². The second-order valence-corrected chi connectivity index (χ2v) is 3.47. The molecule has 0 amide bonds. The highest BCUT2D eigenvalue weighted by Gasteiger charge is 2.04. The van der Waals surface area contributed by atoms with Crippen molar-refractivity contribution in [1.29, 1.82) is 0 Å². The first kappa shape index (κ1) is 9.49. The molecule has 2 nitrogen and oxygen atoms in total. The van der Waals surface area contributed by atoms with Crippen LogP contribution in [-0.2, 0) is 6.42 Å². The van der Waals surface area contributed by atoms with Crippen molar-refractivity contribution in [2.75, 3.05) is 0 Å². The Balaban J connectivity index is 2.90. The molecule has 1 heterocycles. The molecule has 0 saturated heterocycles. The molecule has 0 fully saturated rings. The average Bonchev–Trinajstić information content (AvgIpc) is 1.96. The van der Waals surface area contributed by atoms with E-state index in [0.29, 0.717) is 5.02 Å². The lowest BCUT2D eigenvalue weighted by molar-refractivity contribution is 0.720. The summed E-state index contributed by atoms with van der Waals surface area (Å²) in [5.74, 6) is 0. The standard InChI is InChI=1S/C9H13ClN2/c1-6(11)5-9-8(10)4-3-7(2)12-9/h3-4,6H,5,11H2,1-2H3. The maximum Gasteiger partial charge on any atom is 0.0622 e. The summed E-state index contributed by atoms with van der Waals surface area (Å²) in [6.45, 7) is 3.89. The van der Waals surface area contributed by atoms with Crippen LogP contribution in [0.2, 0.25) is 5.02 Å². The minimum absolute atomic E-state index is 0.108. The third-order valence-corrected chi connectivity index (χ3v) is 1.92. The van der Waals surface area contributed by atoms with Gasteiger partial charge >= 0.3 is 0 Å². The third-order valence-electron chi connectivity index (χ3n) is 1.57. The predicted octanol–water partition coefficient (Wildman–Crippen LogP) is 1.93. The largest absolute Gasteiger partial charge is 0.328 e. The third kappa shape index (κ3) is 2.47. The smallest absolute Gasteiger partial charge is 0.0622 e. The van der Waals surface area contributed by atoms with Gasteiger partial charge in [-0.25, -0.2) is 0 Å². The van der Waals surface area contributed by atoms with Gasteiger partial charge in [0.15, 0.2) is 0 Å². The van der Waals surface area contributed by atoms with Crippen LogP contribution in [0.4, 0.5) is 0 Å². The van der Waals surface area contributed by atoms with E-state index >= 15 is 0 Å². The number of halogens is 1. The van der Waals surface area contributed by atoms with E-state index in [1.807, 2.05) is 26.0 Å². The number of hydrogen-bond donors (Lipinski definition) is 1. The summed E-state index contributed by atoms with van der Waals surface area (Å²) < 4.78 is 0. The first-order valence-electron chi connectivity index (χ1n) is 3.97. The van der Waals surface area contributed by atoms with Gasteiger partial charge in [-0.15, -0.1) is 0 Å². The normalized spacial score (nSPS) is 13.0. The maximum atomic E-state index is 5.92. The number of nitrogens with two attached hydrogens (primary N) is 1. The van der Waals surface area contributed by atoms with E-state index < -0.39 is 0 Å². The van der Waals surface area contributed by atoms with Crippen LogP contribution >= 0.6 is 11.6 Å². The van der Waals surface area contributed by atoms with E-state index in [1.165, 1.54) is 0 Å². The molecule has 0 spiro atoms. The van der Waals surface area contributed by atoms with Crippen LogP contribution in [0.1, 0.15) is 18.3 Å². The van der Waals surface area contributed by atoms with E-state index in [9.17, 15) is 0 Å². The van der Waals surface area contributed by atoms with Gasteiger partial charge in [0.25, 0.3) is 0 Å². The Morgan fingerprint density at radius 3 is 2.83 bits per heavy atom. The van der Waals surface area contributed by atoms with Gasteiger partial charge in [-0.1, -0.05) is 11.6 Å². The highest BCUT2D eigenvalue weighted by atomic mass is 35.5. The van der Waals surface area contributed by atoms with E-state index in [2.05, 4.69) is 4.98 Å². The summed E-state index contributed by atoms with van der Waals surface area (Å²) in [7, 11) is 0. The summed E-state index contributed by atoms with van der Waals surface area (Å²) in [5.41, 5.74) is 7.52. The number of aromatic nitrogens is 1. The molecule has 1 rings (SSSR count). The average molecular weight is 185 g/mol.